The Morgan fingerprint density at radius 1 is 0.857 bits per heavy atom. The molecule has 5 rings (SSSR count). The summed E-state index contributed by atoms with van der Waals surface area (Å²) in [6.45, 7) is 0. The third-order valence-corrected chi connectivity index (χ3v) is 6.40. The van der Waals surface area contributed by atoms with Gasteiger partial charge >= 0.3 is 0 Å². The second-order valence-corrected chi connectivity index (χ2v) is 7.35. The normalized spacial score (nSPS) is 22.7. The van der Waals surface area contributed by atoms with Gasteiger partial charge in [-0.25, -0.2) is 0 Å². The van der Waals surface area contributed by atoms with Crippen LogP contribution in [-0.4, -0.2) is 5.25 Å². The summed E-state index contributed by atoms with van der Waals surface area (Å²) in [6, 6.07) is 22.5. The molecule has 0 nitrogen and oxygen atoms in total. The van der Waals surface area contributed by atoms with Gasteiger partial charge in [0, 0.05) is 16.1 Å². The number of benzene rings is 3. The molecule has 3 aromatic rings. The van der Waals surface area contributed by atoms with Crippen LogP contribution in [0.4, 0.5) is 0 Å². The van der Waals surface area contributed by atoms with Gasteiger partial charge in [0.15, 0.2) is 0 Å². The molecular formula is C20H16S. The Kier molecular flexibility index (Phi) is 2.48. The van der Waals surface area contributed by atoms with Crippen molar-refractivity contribution in [1.29, 1.82) is 0 Å². The molecule has 1 heteroatoms. The van der Waals surface area contributed by atoms with Gasteiger partial charge in [0.05, 0.1) is 0 Å². The molecule has 0 N–H and O–H groups in total. The lowest BCUT2D eigenvalue weighted by atomic mass is 9.77. The van der Waals surface area contributed by atoms with Crippen molar-refractivity contribution in [2.24, 2.45) is 0 Å². The van der Waals surface area contributed by atoms with Crippen LogP contribution in [0.3, 0.4) is 0 Å². The Bertz CT molecular complexity index is 849. The largest absolute Gasteiger partial charge is 0.121 e. The number of hydrogen-bond donors (Lipinski definition) is 0. The first-order chi connectivity index (χ1) is 10.4. The second-order valence-electron chi connectivity index (χ2n) is 6.07. The highest BCUT2D eigenvalue weighted by molar-refractivity contribution is 8.00. The zero-order chi connectivity index (χ0) is 13.8. The third kappa shape index (κ3) is 1.64. The molecule has 1 heterocycles. The summed E-state index contributed by atoms with van der Waals surface area (Å²) in [5, 5.41) is 3.55. The average molecular weight is 288 g/mol. The van der Waals surface area contributed by atoms with Crippen LogP contribution in [0, 0.1) is 0 Å². The maximum Gasteiger partial charge on any atom is 0.0232 e. The molecule has 0 aromatic heterocycles. The number of thioether (sulfide) groups is 1. The van der Waals surface area contributed by atoms with Crippen molar-refractivity contribution in [2.75, 3.05) is 0 Å². The molecule has 0 amide bonds. The Hall–Kier alpha value is -1.73. The van der Waals surface area contributed by atoms with Gasteiger partial charge in [0.1, 0.15) is 0 Å². The van der Waals surface area contributed by atoms with E-state index in [1.807, 2.05) is 0 Å². The predicted molar refractivity (Wildman–Crippen MR) is 90.2 cm³/mol. The second kappa shape index (κ2) is 4.38. The van der Waals surface area contributed by atoms with Crippen LogP contribution >= 0.6 is 11.8 Å². The molecule has 1 aliphatic carbocycles. The van der Waals surface area contributed by atoms with E-state index < -0.39 is 0 Å². The summed E-state index contributed by atoms with van der Waals surface area (Å²) in [5.74, 6) is 0.584. The molecule has 0 saturated carbocycles. The molecule has 2 unspecified atom stereocenters. The smallest absolute Gasteiger partial charge is 0.0232 e. The lowest BCUT2D eigenvalue weighted by Gasteiger charge is -2.28. The maximum atomic E-state index is 2.35. The molecule has 0 radical (unpaired) electrons. The number of aryl methyl sites for hydroxylation is 1. The van der Waals surface area contributed by atoms with E-state index >= 15 is 0 Å². The fourth-order valence-corrected chi connectivity index (χ4v) is 5.55. The van der Waals surface area contributed by atoms with Crippen LogP contribution in [0.5, 0.6) is 0 Å². The lowest BCUT2D eigenvalue weighted by Crippen LogP contribution is -2.20. The van der Waals surface area contributed by atoms with Crippen LogP contribution in [0.2, 0.25) is 0 Å². The molecule has 21 heavy (non-hydrogen) atoms. The first kappa shape index (κ1) is 11.9. The summed E-state index contributed by atoms with van der Waals surface area (Å²) in [6.07, 6.45) is 2.53. The SMILES string of the molecule is c1ccc2c(c1)CCC1Sc3ccc4ccccc4c3C21. The Balaban J connectivity index is 1.82. The van der Waals surface area contributed by atoms with Gasteiger partial charge in [0.2, 0.25) is 0 Å². The van der Waals surface area contributed by atoms with Crippen LogP contribution in [0.25, 0.3) is 10.8 Å². The van der Waals surface area contributed by atoms with Gasteiger partial charge in [-0.1, -0.05) is 54.6 Å². The van der Waals surface area contributed by atoms with Crippen molar-refractivity contribution in [1.82, 2.24) is 0 Å². The fourth-order valence-electron chi connectivity index (χ4n) is 4.06. The zero-order valence-electron chi connectivity index (χ0n) is 11.8. The highest BCUT2D eigenvalue weighted by atomic mass is 32.2. The van der Waals surface area contributed by atoms with E-state index in [1.54, 1.807) is 16.7 Å². The maximum absolute atomic E-state index is 2.35. The Labute approximate surface area is 129 Å². The van der Waals surface area contributed by atoms with Crippen LogP contribution in [0.1, 0.15) is 29.0 Å². The summed E-state index contributed by atoms with van der Waals surface area (Å²) in [7, 11) is 0. The van der Waals surface area contributed by atoms with Gasteiger partial charge in [-0.2, -0.15) is 0 Å². The van der Waals surface area contributed by atoms with Gasteiger partial charge in [-0.05, 0) is 46.4 Å². The van der Waals surface area contributed by atoms with Gasteiger partial charge in [-0.3, -0.25) is 0 Å². The average Bonchev–Trinajstić information content (AvgIpc) is 2.94. The van der Waals surface area contributed by atoms with Crippen molar-refractivity contribution in [3.05, 3.63) is 77.4 Å². The minimum Gasteiger partial charge on any atom is -0.121 e. The summed E-state index contributed by atoms with van der Waals surface area (Å²) in [4.78, 5) is 1.50. The van der Waals surface area contributed by atoms with Crippen molar-refractivity contribution >= 4 is 22.5 Å². The van der Waals surface area contributed by atoms with Crippen molar-refractivity contribution in [3.8, 4) is 0 Å². The van der Waals surface area contributed by atoms with Crippen molar-refractivity contribution < 1.29 is 0 Å². The standard InChI is InChI=1S/C20H16S/c1-3-7-15-13(5-1)9-11-17-19(15)20-16-8-4-2-6-14(16)10-12-18(20)21-17/h1-9,11,18,20H,10,12H2. The minimum absolute atomic E-state index is 0.584. The highest BCUT2D eigenvalue weighted by Gasteiger charge is 2.38. The molecule has 0 bridgehead atoms. The molecule has 1 aliphatic heterocycles. The van der Waals surface area contributed by atoms with Gasteiger partial charge in [-0.15, -0.1) is 11.8 Å². The van der Waals surface area contributed by atoms with Crippen LogP contribution in [-0.2, 0) is 6.42 Å². The van der Waals surface area contributed by atoms with E-state index in [-0.39, 0.29) is 0 Å². The molecule has 0 fully saturated rings. The first-order valence-electron chi connectivity index (χ1n) is 7.68. The van der Waals surface area contributed by atoms with E-state index in [0.717, 1.165) is 5.25 Å². The van der Waals surface area contributed by atoms with Crippen molar-refractivity contribution in [2.45, 2.75) is 28.9 Å². The van der Waals surface area contributed by atoms with E-state index in [4.69, 9.17) is 0 Å². The summed E-state index contributed by atoms with van der Waals surface area (Å²) >= 11 is 2.10. The van der Waals surface area contributed by atoms with E-state index in [9.17, 15) is 0 Å². The molecular weight excluding hydrogens is 272 g/mol. The van der Waals surface area contributed by atoms with Crippen molar-refractivity contribution in [3.63, 3.8) is 0 Å². The van der Waals surface area contributed by atoms with Gasteiger partial charge in [0.25, 0.3) is 0 Å². The fraction of sp³-hybridized carbons (Fsp3) is 0.200. The molecule has 2 aliphatic rings. The van der Waals surface area contributed by atoms with E-state index in [0.29, 0.717) is 5.92 Å². The minimum atomic E-state index is 0.584. The van der Waals surface area contributed by atoms with E-state index in [1.165, 1.54) is 28.5 Å². The monoisotopic (exact) mass is 288 g/mol. The quantitative estimate of drug-likeness (QED) is 0.534. The zero-order valence-corrected chi connectivity index (χ0v) is 12.6. The number of rotatable bonds is 0. The molecule has 102 valence electrons. The lowest BCUT2D eigenvalue weighted by molar-refractivity contribution is 0.645. The first-order valence-corrected chi connectivity index (χ1v) is 8.56. The molecule has 0 spiro atoms. The third-order valence-electron chi connectivity index (χ3n) is 4.98. The predicted octanol–water partition coefficient (Wildman–Crippen LogP) is 5.39. The molecule has 3 aromatic carbocycles. The topological polar surface area (TPSA) is 0 Å². The van der Waals surface area contributed by atoms with Crippen LogP contribution < -0.4 is 0 Å². The number of fused-ring (bicyclic) bond motifs is 7. The highest BCUT2D eigenvalue weighted by Crippen LogP contribution is 2.55. The Morgan fingerprint density at radius 3 is 2.71 bits per heavy atom. The van der Waals surface area contributed by atoms with Gasteiger partial charge < -0.3 is 0 Å². The number of hydrogen-bond acceptors (Lipinski definition) is 1. The Morgan fingerprint density at radius 2 is 1.71 bits per heavy atom. The summed E-state index contributed by atoms with van der Waals surface area (Å²) in [5.41, 5.74) is 4.70. The molecule has 2 atom stereocenters. The van der Waals surface area contributed by atoms with E-state index in [2.05, 4.69) is 72.4 Å². The molecule has 0 saturated heterocycles. The van der Waals surface area contributed by atoms with Crippen LogP contribution in [0.15, 0.2) is 65.6 Å². The summed E-state index contributed by atoms with van der Waals surface area (Å²) < 4.78 is 0.